The maximum atomic E-state index is 13.5. The normalized spacial score (nSPS) is 21.3. The van der Waals surface area contributed by atoms with Crippen LogP contribution in [0.5, 0.6) is 5.75 Å². The van der Waals surface area contributed by atoms with Crippen molar-refractivity contribution in [1.29, 1.82) is 0 Å². The lowest BCUT2D eigenvalue weighted by atomic mass is 10.2. The minimum atomic E-state index is -0.595. The largest absolute Gasteiger partial charge is 0.488 e. The summed E-state index contributed by atoms with van der Waals surface area (Å²) in [6.45, 7) is 5.91. The van der Waals surface area contributed by atoms with E-state index in [0.717, 1.165) is 37.7 Å². The Morgan fingerprint density at radius 1 is 1.00 bits per heavy atom. The van der Waals surface area contributed by atoms with Crippen molar-refractivity contribution >= 4 is 11.6 Å². The van der Waals surface area contributed by atoms with Gasteiger partial charge in [0.05, 0.1) is 0 Å². The summed E-state index contributed by atoms with van der Waals surface area (Å²) >= 11 is 5.93. The molecule has 6 heteroatoms. The van der Waals surface area contributed by atoms with Crippen LogP contribution in [0.2, 0.25) is 5.02 Å². The van der Waals surface area contributed by atoms with Crippen LogP contribution in [0.3, 0.4) is 0 Å². The molecule has 1 saturated heterocycles. The smallest absolute Gasteiger partial charge is 0.165 e. The first-order valence-electron chi connectivity index (χ1n) is 9.07. The molecule has 0 radical (unpaired) electrons. The van der Waals surface area contributed by atoms with Crippen molar-refractivity contribution < 1.29 is 24.0 Å². The maximum Gasteiger partial charge on any atom is 0.165 e. The number of hydrogen-bond donors (Lipinski definition) is 3. The summed E-state index contributed by atoms with van der Waals surface area (Å²) in [4.78, 5) is 2.92. The van der Waals surface area contributed by atoms with E-state index in [1.54, 1.807) is 23.1 Å². The molecule has 1 aliphatic heterocycles. The van der Waals surface area contributed by atoms with Crippen LogP contribution in [-0.4, -0.2) is 50.5 Å². The molecule has 2 aromatic carbocycles. The van der Waals surface area contributed by atoms with Crippen LogP contribution in [0.4, 0.5) is 4.39 Å². The molecule has 2 aromatic rings. The van der Waals surface area contributed by atoms with Gasteiger partial charge in [-0.05, 0) is 24.3 Å². The number of aliphatic hydroxyl groups is 1. The lowest BCUT2D eigenvalue weighted by Gasteiger charge is -2.30. The lowest BCUT2D eigenvalue weighted by Crippen LogP contribution is -3.28. The minimum Gasteiger partial charge on any atom is -0.488 e. The highest BCUT2D eigenvalue weighted by atomic mass is 35.5. The first-order chi connectivity index (χ1) is 12.6. The Hall–Kier alpha value is -1.66. The van der Waals surface area contributed by atoms with Crippen molar-refractivity contribution in [3.05, 3.63) is 64.9 Å². The molecule has 0 amide bonds. The van der Waals surface area contributed by atoms with Gasteiger partial charge in [-0.1, -0.05) is 35.9 Å². The molecule has 0 unspecified atom stereocenters. The molecule has 0 bridgehead atoms. The maximum absolute atomic E-state index is 13.5. The fourth-order valence-electron chi connectivity index (χ4n) is 3.37. The van der Waals surface area contributed by atoms with Gasteiger partial charge in [-0.3, -0.25) is 0 Å². The predicted molar refractivity (Wildman–Crippen MR) is 99.3 cm³/mol. The Balaban J connectivity index is 1.38. The van der Waals surface area contributed by atoms with E-state index >= 15 is 0 Å². The van der Waals surface area contributed by atoms with Crippen molar-refractivity contribution in [3.63, 3.8) is 0 Å². The fourth-order valence-corrected chi connectivity index (χ4v) is 3.49. The fraction of sp³-hybridized carbons (Fsp3) is 0.400. The van der Waals surface area contributed by atoms with E-state index in [4.69, 9.17) is 16.3 Å². The Morgan fingerprint density at radius 2 is 1.65 bits per heavy atom. The van der Waals surface area contributed by atoms with Gasteiger partial charge in [0.2, 0.25) is 0 Å². The number of benzene rings is 2. The van der Waals surface area contributed by atoms with Gasteiger partial charge in [0.15, 0.2) is 11.6 Å². The van der Waals surface area contributed by atoms with Crippen LogP contribution in [0.25, 0.3) is 0 Å². The number of hydrogen-bond acceptors (Lipinski definition) is 2. The molecule has 4 nitrogen and oxygen atoms in total. The highest BCUT2D eigenvalue weighted by Crippen LogP contribution is 2.15. The van der Waals surface area contributed by atoms with E-state index in [1.165, 1.54) is 16.5 Å². The Labute approximate surface area is 158 Å². The molecule has 0 spiro atoms. The van der Waals surface area contributed by atoms with Crippen LogP contribution >= 0.6 is 11.6 Å². The minimum absolute atomic E-state index is 0.117. The summed E-state index contributed by atoms with van der Waals surface area (Å²) in [5.74, 6) is -0.203. The van der Waals surface area contributed by atoms with Crippen molar-refractivity contribution in [2.45, 2.75) is 12.6 Å². The molecule has 1 atom stereocenters. The van der Waals surface area contributed by atoms with E-state index in [0.29, 0.717) is 6.54 Å². The van der Waals surface area contributed by atoms with Crippen molar-refractivity contribution in [1.82, 2.24) is 0 Å². The monoisotopic (exact) mass is 380 g/mol. The average Bonchev–Trinajstić information content (AvgIpc) is 2.64. The number of quaternary nitrogens is 2. The van der Waals surface area contributed by atoms with Gasteiger partial charge in [0, 0.05) is 10.6 Å². The highest BCUT2D eigenvalue weighted by Gasteiger charge is 2.25. The van der Waals surface area contributed by atoms with Crippen LogP contribution < -0.4 is 14.5 Å². The zero-order chi connectivity index (χ0) is 18.4. The molecule has 0 aromatic heterocycles. The zero-order valence-electron chi connectivity index (χ0n) is 14.8. The topological polar surface area (TPSA) is 38.3 Å². The highest BCUT2D eigenvalue weighted by molar-refractivity contribution is 6.30. The van der Waals surface area contributed by atoms with E-state index in [-0.39, 0.29) is 12.4 Å². The molecule has 3 N–H and O–H groups in total. The number of rotatable bonds is 7. The molecular formula is C20H26ClFN2O2+2. The number of para-hydroxylation sites is 1. The molecule has 3 rings (SSSR count). The van der Waals surface area contributed by atoms with Gasteiger partial charge < -0.3 is 19.6 Å². The molecule has 26 heavy (non-hydrogen) atoms. The molecule has 0 aliphatic carbocycles. The second-order valence-electron chi connectivity index (χ2n) is 6.90. The van der Waals surface area contributed by atoms with E-state index in [1.807, 2.05) is 12.1 Å². The third-order valence-electron chi connectivity index (χ3n) is 4.82. The molecule has 1 aliphatic rings. The van der Waals surface area contributed by atoms with E-state index < -0.39 is 11.9 Å². The number of piperazine rings is 1. The number of nitrogens with one attached hydrogen (secondary N) is 2. The molecule has 0 saturated carbocycles. The van der Waals surface area contributed by atoms with Gasteiger partial charge >= 0.3 is 0 Å². The number of aliphatic hydroxyl groups excluding tert-OH is 1. The van der Waals surface area contributed by atoms with Crippen LogP contribution in [0, 0.1) is 5.82 Å². The lowest BCUT2D eigenvalue weighted by molar-refractivity contribution is -1.02. The Bertz CT molecular complexity index is 690. The molecular weight excluding hydrogens is 355 g/mol. The quantitative estimate of drug-likeness (QED) is 0.642. The Kier molecular flexibility index (Phi) is 6.86. The van der Waals surface area contributed by atoms with E-state index in [9.17, 15) is 9.50 Å². The average molecular weight is 381 g/mol. The van der Waals surface area contributed by atoms with E-state index in [2.05, 4.69) is 12.1 Å². The van der Waals surface area contributed by atoms with Gasteiger partial charge in [-0.25, -0.2) is 4.39 Å². The van der Waals surface area contributed by atoms with Gasteiger partial charge in [-0.2, -0.15) is 0 Å². The molecule has 1 fully saturated rings. The Morgan fingerprint density at radius 3 is 2.35 bits per heavy atom. The second kappa shape index (κ2) is 9.33. The summed E-state index contributed by atoms with van der Waals surface area (Å²) in [6.07, 6.45) is -0.595. The third kappa shape index (κ3) is 5.68. The van der Waals surface area contributed by atoms with Crippen molar-refractivity contribution in [2.75, 3.05) is 39.3 Å². The number of ether oxygens (including phenoxy) is 1. The second-order valence-corrected chi connectivity index (χ2v) is 7.34. The first kappa shape index (κ1) is 19.1. The molecule has 140 valence electrons. The van der Waals surface area contributed by atoms with Crippen LogP contribution in [0.1, 0.15) is 5.56 Å². The number of halogens is 2. The van der Waals surface area contributed by atoms with Crippen LogP contribution in [0.15, 0.2) is 48.5 Å². The molecule has 1 heterocycles. The zero-order valence-corrected chi connectivity index (χ0v) is 15.5. The SMILES string of the molecule is O[C@H](COc1ccccc1F)C[NH+]1CC[NH+](Cc2ccc(Cl)cc2)CC1. The first-order valence-corrected chi connectivity index (χ1v) is 9.45. The van der Waals surface area contributed by atoms with Crippen molar-refractivity contribution in [3.8, 4) is 5.75 Å². The van der Waals surface area contributed by atoms with Crippen LogP contribution in [-0.2, 0) is 6.54 Å². The summed E-state index contributed by atoms with van der Waals surface area (Å²) in [6, 6.07) is 14.3. The van der Waals surface area contributed by atoms with Crippen molar-refractivity contribution in [2.24, 2.45) is 0 Å². The summed E-state index contributed by atoms with van der Waals surface area (Å²) in [7, 11) is 0. The standard InChI is InChI=1S/C20H24ClFN2O2/c21-17-7-5-16(6-8-17)13-23-9-11-24(12-10-23)14-18(25)15-26-20-4-2-1-3-19(20)22/h1-8,18,25H,9-15H2/p+2/t18-/m0/s1. The van der Waals surface area contributed by atoms with Gasteiger partial charge in [0.25, 0.3) is 0 Å². The predicted octanol–water partition coefficient (Wildman–Crippen LogP) is 0.202. The third-order valence-corrected chi connectivity index (χ3v) is 5.08. The van der Waals surface area contributed by atoms with Gasteiger partial charge in [-0.15, -0.1) is 0 Å². The summed E-state index contributed by atoms with van der Waals surface area (Å²) in [5, 5.41) is 11.0. The summed E-state index contributed by atoms with van der Waals surface area (Å²) in [5.41, 5.74) is 1.30. The van der Waals surface area contributed by atoms with Gasteiger partial charge in [0.1, 0.15) is 52.0 Å². The summed E-state index contributed by atoms with van der Waals surface area (Å²) < 4.78 is 18.9.